The Morgan fingerprint density at radius 1 is 1.33 bits per heavy atom. The first-order valence-corrected chi connectivity index (χ1v) is 7.26. The van der Waals surface area contributed by atoms with Gasteiger partial charge in [0.1, 0.15) is 0 Å². The molecule has 1 aromatic heterocycles. The van der Waals surface area contributed by atoms with Gasteiger partial charge in [-0.15, -0.1) is 0 Å². The van der Waals surface area contributed by atoms with E-state index in [1.807, 2.05) is 31.2 Å². The number of nitrogens with one attached hydrogen (secondary N) is 2. The van der Waals surface area contributed by atoms with Crippen molar-refractivity contribution in [2.24, 2.45) is 0 Å². The smallest absolute Gasteiger partial charge is 0.239 e. The number of amides is 2. The first-order chi connectivity index (χ1) is 10.1. The number of para-hydroxylation sites is 1. The molecule has 1 fully saturated rings. The molecule has 0 aliphatic carbocycles. The molecule has 0 bridgehead atoms. The van der Waals surface area contributed by atoms with Gasteiger partial charge in [-0.3, -0.25) is 9.59 Å². The fourth-order valence-corrected chi connectivity index (χ4v) is 2.84. The number of hydrogen-bond acceptors (Lipinski definition) is 2. The maximum absolute atomic E-state index is 12.5. The average molecular weight is 285 g/mol. The Bertz CT molecular complexity index is 690. The number of H-pyrrole nitrogens is 1. The molecule has 2 N–H and O–H groups in total. The molecule has 1 saturated heterocycles. The van der Waals surface area contributed by atoms with Crippen LogP contribution in [0, 0.1) is 6.92 Å². The van der Waals surface area contributed by atoms with Gasteiger partial charge in [0.15, 0.2) is 0 Å². The maximum atomic E-state index is 12.5. The monoisotopic (exact) mass is 285 g/mol. The largest absolute Gasteiger partial charge is 0.358 e. The molecular formula is C16H19N3O2. The van der Waals surface area contributed by atoms with Crippen LogP contribution in [-0.2, 0) is 16.0 Å². The number of aromatic amines is 1. The van der Waals surface area contributed by atoms with Crippen molar-refractivity contribution >= 4 is 22.7 Å². The number of benzene rings is 1. The lowest BCUT2D eigenvalue weighted by molar-refractivity contribution is -0.134. The maximum Gasteiger partial charge on any atom is 0.239 e. The van der Waals surface area contributed by atoms with Crippen molar-refractivity contribution in [1.82, 2.24) is 15.2 Å². The predicted molar refractivity (Wildman–Crippen MR) is 80.9 cm³/mol. The summed E-state index contributed by atoms with van der Waals surface area (Å²) >= 11 is 0. The molecule has 0 unspecified atom stereocenters. The molecular weight excluding hydrogens is 266 g/mol. The zero-order valence-corrected chi connectivity index (χ0v) is 12.1. The Kier molecular flexibility index (Phi) is 3.64. The van der Waals surface area contributed by atoms with E-state index in [2.05, 4.69) is 10.3 Å². The van der Waals surface area contributed by atoms with Crippen LogP contribution in [0.15, 0.2) is 24.3 Å². The summed E-state index contributed by atoms with van der Waals surface area (Å²) in [6, 6.07) is 7.98. The zero-order chi connectivity index (χ0) is 14.8. The van der Waals surface area contributed by atoms with Gasteiger partial charge in [0, 0.05) is 29.7 Å². The van der Waals surface area contributed by atoms with E-state index in [1.165, 1.54) is 0 Å². The normalized spacial score (nSPS) is 15.9. The fourth-order valence-electron chi connectivity index (χ4n) is 2.84. The highest BCUT2D eigenvalue weighted by Gasteiger charge is 2.21. The number of carbonyl (C=O) groups excluding carboxylic acids is 2. The van der Waals surface area contributed by atoms with E-state index < -0.39 is 0 Å². The molecule has 3 rings (SSSR count). The van der Waals surface area contributed by atoms with Crippen LogP contribution in [0.5, 0.6) is 0 Å². The molecule has 5 heteroatoms. The van der Waals surface area contributed by atoms with Crippen LogP contribution in [0.2, 0.25) is 0 Å². The van der Waals surface area contributed by atoms with Crippen LogP contribution in [0.3, 0.4) is 0 Å². The lowest BCUT2D eigenvalue weighted by atomic mass is 10.1. The highest BCUT2D eigenvalue weighted by molar-refractivity contribution is 5.91. The Morgan fingerprint density at radius 2 is 2.14 bits per heavy atom. The van der Waals surface area contributed by atoms with Crippen molar-refractivity contribution < 1.29 is 9.59 Å². The van der Waals surface area contributed by atoms with E-state index in [-0.39, 0.29) is 18.4 Å². The second kappa shape index (κ2) is 5.60. The zero-order valence-electron chi connectivity index (χ0n) is 12.1. The standard InChI is InChI=1S/C16H19N3O2/c1-11-13(12-5-2-3-6-14(12)18-11)9-16(21)19-8-4-7-17-15(20)10-19/h2-3,5-6,18H,4,7-10H2,1H3,(H,17,20). The molecule has 1 aromatic carbocycles. The van der Waals surface area contributed by atoms with E-state index in [0.717, 1.165) is 28.6 Å². The minimum atomic E-state index is -0.0727. The van der Waals surface area contributed by atoms with E-state index in [9.17, 15) is 9.59 Å². The van der Waals surface area contributed by atoms with Crippen LogP contribution < -0.4 is 5.32 Å². The van der Waals surface area contributed by atoms with Crippen molar-refractivity contribution in [2.75, 3.05) is 19.6 Å². The second-order valence-electron chi connectivity index (χ2n) is 5.47. The van der Waals surface area contributed by atoms with E-state index in [1.54, 1.807) is 4.90 Å². The average Bonchev–Trinajstić information content (AvgIpc) is 2.64. The first kappa shape index (κ1) is 13.7. The van der Waals surface area contributed by atoms with E-state index in [0.29, 0.717) is 19.5 Å². The summed E-state index contributed by atoms with van der Waals surface area (Å²) in [5.74, 6) is -0.0589. The van der Waals surface area contributed by atoms with Crippen LogP contribution in [0.4, 0.5) is 0 Å². The van der Waals surface area contributed by atoms with Crippen LogP contribution in [0.1, 0.15) is 17.7 Å². The van der Waals surface area contributed by atoms with E-state index >= 15 is 0 Å². The molecule has 2 amide bonds. The Morgan fingerprint density at radius 3 is 3.00 bits per heavy atom. The van der Waals surface area contributed by atoms with Gasteiger partial charge in [-0.05, 0) is 25.0 Å². The third-order valence-electron chi connectivity index (χ3n) is 3.97. The highest BCUT2D eigenvalue weighted by atomic mass is 16.2. The summed E-state index contributed by atoms with van der Waals surface area (Å²) < 4.78 is 0. The number of aryl methyl sites for hydroxylation is 1. The van der Waals surface area contributed by atoms with Crippen molar-refractivity contribution in [3.05, 3.63) is 35.5 Å². The van der Waals surface area contributed by atoms with Crippen LogP contribution in [0.25, 0.3) is 10.9 Å². The van der Waals surface area contributed by atoms with Gasteiger partial charge in [0.25, 0.3) is 0 Å². The second-order valence-corrected chi connectivity index (χ2v) is 5.47. The van der Waals surface area contributed by atoms with Gasteiger partial charge in [0.2, 0.25) is 11.8 Å². The molecule has 110 valence electrons. The summed E-state index contributed by atoms with van der Waals surface area (Å²) in [4.78, 5) is 29.0. The molecule has 1 aliphatic heterocycles. The molecule has 5 nitrogen and oxygen atoms in total. The van der Waals surface area contributed by atoms with Gasteiger partial charge in [-0.2, -0.15) is 0 Å². The van der Waals surface area contributed by atoms with E-state index in [4.69, 9.17) is 0 Å². The number of hydrogen-bond donors (Lipinski definition) is 2. The van der Waals surface area contributed by atoms with Gasteiger partial charge < -0.3 is 15.2 Å². The van der Waals surface area contributed by atoms with Gasteiger partial charge in [-0.25, -0.2) is 0 Å². The topological polar surface area (TPSA) is 65.2 Å². The molecule has 1 aliphatic rings. The number of rotatable bonds is 2. The van der Waals surface area contributed by atoms with Crippen molar-refractivity contribution in [1.29, 1.82) is 0 Å². The number of fused-ring (bicyclic) bond motifs is 1. The minimum Gasteiger partial charge on any atom is -0.358 e. The first-order valence-electron chi connectivity index (χ1n) is 7.26. The highest BCUT2D eigenvalue weighted by Crippen LogP contribution is 2.22. The van der Waals surface area contributed by atoms with Crippen LogP contribution in [-0.4, -0.2) is 41.3 Å². The fraction of sp³-hybridized carbons (Fsp3) is 0.375. The molecule has 2 heterocycles. The summed E-state index contributed by atoms with van der Waals surface area (Å²) in [6.45, 7) is 3.44. The van der Waals surface area contributed by atoms with Crippen LogP contribution >= 0.6 is 0 Å². The number of nitrogens with zero attached hydrogens (tertiary/aromatic N) is 1. The Balaban J connectivity index is 1.82. The molecule has 0 spiro atoms. The Hall–Kier alpha value is -2.30. The third kappa shape index (κ3) is 2.77. The lowest BCUT2D eigenvalue weighted by Crippen LogP contribution is -2.38. The minimum absolute atomic E-state index is 0.0138. The number of aromatic nitrogens is 1. The quantitative estimate of drug-likeness (QED) is 0.875. The number of carbonyl (C=O) groups is 2. The summed E-state index contributed by atoms with van der Waals surface area (Å²) in [5, 5.41) is 3.88. The van der Waals surface area contributed by atoms with Gasteiger partial charge in [0.05, 0.1) is 13.0 Å². The third-order valence-corrected chi connectivity index (χ3v) is 3.97. The molecule has 0 radical (unpaired) electrons. The summed E-state index contributed by atoms with van der Waals surface area (Å²) in [5.41, 5.74) is 3.09. The molecule has 21 heavy (non-hydrogen) atoms. The Labute approximate surface area is 123 Å². The van der Waals surface area contributed by atoms with Gasteiger partial charge in [-0.1, -0.05) is 18.2 Å². The van der Waals surface area contributed by atoms with Gasteiger partial charge >= 0.3 is 0 Å². The molecule has 0 atom stereocenters. The van der Waals surface area contributed by atoms with Crippen molar-refractivity contribution in [3.8, 4) is 0 Å². The molecule has 0 saturated carbocycles. The van der Waals surface area contributed by atoms with Crippen molar-refractivity contribution in [2.45, 2.75) is 19.8 Å². The SMILES string of the molecule is Cc1[nH]c2ccccc2c1CC(=O)N1CCCNC(=O)C1. The van der Waals surface area contributed by atoms with Crippen molar-refractivity contribution in [3.63, 3.8) is 0 Å². The molecule has 2 aromatic rings. The summed E-state index contributed by atoms with van der Waals surface area (Å²) in [7, 11) is 0. The lowest BCUT2D eigenvalue weighted by Gasteiger charge is -2.19. The summed E-state index contributed by atoms with van der Waals surface area (Å²) in [6.07, 6.45) is 1.15. The predicted octanol–water partition coefficient (Wildman–Crippen LogP) is 1.37.